The van der Waals surface area contributed by atoms with Gasteiger partial charge in [0.05, 0.1) is 26.5 Å². The number of ether oxygens (including phenoxy) is 2. The van der Waals surface area contributed by atoms with E-state index in [0.717, 1.165) is 40.0 Å². The van der Waals surface area contributed by atoms with Crippen molar-refractivity contribution in [1.82, 2.24) is 10.4 Å². The molecule has 1 N–H and O–H groups in total. The maximum absolute atomic E-state index is 13.9. The van der Waals surface area contributed by atoms with Crippen LogP contribution in [0.2, 0.25) is 0 Å². The molecule has 6 heteroatoms. The van der Waals surface area contributed by atoms with E-state index in [1.165, 1.54) is 12.1 Å². The maximum atomic E-state index is 13.9. The van der Waals surface area contributed by atoms with Crippen molar-refractivity contribution in [2.75, 3.05) is 20.8 Å². The van der Waals surface area contributed by atoms with Crippen LogP contribution < -0.4 is 14.9 Å². The summed E-state index contributed by atoms with van der Waals surface area (Å²) in [6.45, 7) is 0.475. The number of rotatable bonds is 7. The molecule has 33 heavy (non-hydrogen) atoms. The third-order valence-corrected chi connectivity index (χ3v) is 5.29. The molecule has 3 aromatic carbocycles. The van der Waals surface area contributed by atoms with Crippen molar-refractivity contribution in [1.29, 1.82) is 0 Å². The Morgan fingerprint density at radius 1 is 0.848 bits per heavy atom. The number of hydrogen-bond donors (Lipinski definition) is 1. The monoisotopic (exact) mass is 446 g/mol. The molecule has 4 rings (SSSR count). The highest BCUT2D eigenvalue weighted by molar-refractivity contribution is 5.95. The molecule has 1 aliphatic rings. The zero-order valence-electron chi connectivity index (χ0n) is 18.4. The number of halogens is 2. The number of benzene rings is 3. The molecule has 4 nitrogen and oxygen atoms in total. The van der Waals surface area contributed by atoms with Gasteiger partial charge in [0.2, 0.25) is 0 Å². The predicted molar refractivity (Wildman–Crippen MR) is 127 cm³/mol. The molecule has 1 aliphatic heterocycles. The highest BCUT2D eigenvalue weighted by Crippen LogP contribution is 2.30. The first-order valence-electron chi connectivity index (χ1n) is 10.4. The van der Waals surface area contributed by atoms with E-state index in [9.17, 15) is 8.78 Å². The van der Waals surface area contributed by atoms with Crippen molar-refractivity contribution in [2.45, 2.75) is 0 Å². The lowest BCUT2D eigenvalue weighted by Crippen LogP contribution is -2.34. The molecular weight excluding hydrogens is 422 g/mol. The first-order valence-corrected chi connectivity index (χ1v) is 10.4. The summed E-state index contributed by atoms with van der Waals surface area (Å²) >= 11 is 0. The van der Waals surface area contributed by atoms with Crippen molar-refractivity contribution in [3.63, 3.8) is 0 Å². The third kappa shape index (κ3) is 5.23. The predicted octanol–water partition coefficient (Wildman–Crippen LogP) is 5.90. The van der Waals surface area contributed by atoms with Gasteiger partial charge in [-0.05, 0) is 60.2 Å². The normalized spacial score (nSPS) is 13.4. The molecule has 1 heterocycles. The van der Waals surface area contributed by atoms with Gasteiger partial charge < -0.3 is 9.47 Å². The highest BCUT2D eigenvalue weighted by Gasteiger charge is 2.16. The van der Waals surface area contributed by atoms with Gasteiger partial charge in [-0.2, -0.15) is 0 Å². The summed E-state index contributed by atoms with van der Waals surface area (Å²) in [7, 11) is 3.28. The quantitative estimate of drug-likeness (QED) is 0.490. The van der Waals surface area contributed by atoms with Crippen molar-refractivity contribution in [2.24, 2.45) is 0 Å². The van der Waals surface area contributed by atoms with Crippen LogP contribution in [0.5, 0.6) is 11.5 Å². The molecule has 0 bridgehead atoms. The third-order valence-electron chi connectivity index (χ3n) is 5.29. The molecule has 0 atom stereocenters. The smallest absolute Gasteiger partial charge is 0.133 e. The van der Waals surface area contributed by atoms with E-state index < -0.39 is 11.6 Å². The zero-order valence-corrected chi connectivity index (χ0v) is 18.4. The van der Waals surface area contributed by atoms with Crippen molar-refractivity contribution >= 4 is 17.3 Å². The average molecular weight is 446 g/mol. The van der Waals surface area contributed by atoms with Gasteiger partial charge in [0, 0.05) is 29.0 Å². The summed E-state index contributed by atoms with van der Waals surface area (Å²) in [6.07, 6.45) is 7.42. The number of hydrogen-bond acceptors (Lipinski definition) is 4. The van der Waals surface area contributed by atoms with E-state index in [1.807, 2.05) is 71.9 Å². The van der Waals surface area contributed by atoms with Gasteiger partial charge in [0.15, 0.2) is 0 Å². The largest absolute Gasteiger partial charge is 0.497 e. The number of allylic oxidation sites excluding steroid dienone is 2. The lowest BCUT2D eigenvalue weighted by Gasteiger charge is -2.29. The number of methoxy groups -OCH3 is 2. The van der Waals surface area contributed by atoms with Gasteiger partial charge in [-0.1, -0.05) is 24.3 Å². The summed E-state index contributed by atoms with van der Waals surface area (Å²) in [5.74, 6) is 0.385. The summed E-state index contributed by atoms with van der Waals surface area (Å²) < 4.78 is 37.6. The minimum absolute atomic E-state index is 0.335. The van der Waals surface area contributed by atoms with E-state index in [2.05, 4.69) is 5.43 Å². The molecule has 0 aliphatic carbocycles. The summed E-state index contributed by atoms with van der Waals surface area (Å²) in [4.78, 5) is 0. The van der Waals surface area contributed by atoms with Crippen LogP contribution >= 0.6 is 0 Å². The molecule has 0 saturated heterocycles. The first-order chi connectivity index (χ1) is 16.1. The fourth-order valence-electron chi connectivity index (χ4n) is 3.51. The molecule has 0 amide bonds. The van der Waals surface area contributed by atoms with Crippen LogP contribution in [-0.4, -0.2) is 25.8 Å². The van der Waals surface area contributed by atoms with Gasteiger partial charge in [-0.15, -0.1) is 0 Å². The molecule has 0 unspecified atom stereocenters. The minimum atomic E-state index is -0.592. The Morgan fingerprint density at radius 2 is 1.48 bits per heavy atom. The Labute approximate surface area is 192 Å². The summed E-state index contributed by atoms with van der Waals surface area (Å²) in [5, 5.41) is 1.89. The van der Waals surface area contributed by atoms with Crippen LogP contribution in [0.25, 0.3) is 17.3 Å². The molecular formula is C27H24F2N2O2. The summed E-state index contributed by atoms with van der Waals surface area (Å²) in [5.41, 5.74) is 7.75. The van der Waals surface area contributed by atoms with E-state index in [0.29, 0.717) is 12.1 Å². The van der Waals surface area contributed by atoms with Crippen LogP contribution in [0.15, 0.2) is 85.1 Å². The second-order valence-electron chi connectivity index (χ2n) is 7.39. The van der Waals surface area contributed by atoms with E-state index >= 15 is 0 Å². The number of nitrogens with one attached hydrogen (secondary N) is 1. The molecule has 0 saturated carbocycles. The van der Waals surface area contributed by atoms with Crippen molar-refractivity contribution < 1.29 is 18.3 Å². The number of nitrogens with zero attached hydrogens (tertiary/aromatic N) is 1. The van der Waals surface area contributed by atoms with Crippen LogP contribution in [0.3, 0.4) is 0 Å². The standard InChI is InChI=1S/C27H24F2N2O2/c1-32-23-11-6-19(7-12-23)25-15-17-31(16-3-4-20-5-10-22(28)18-26(20)29)30-27(25)21-8-13-24(33-2)14-9-21/h3-15,17-18,30H,16H2,1-2H3. The topological polar surface area (TPSA) is 33.7 Å². The average Bonchev–Trinajstić information content (AvgIpc) is 2.85. The molecule has 168 valence electrons. The Kier molecular flexibility index (Phi) is 6.74. The highest BCUT2D eigenvalue weighted by atomic mass is 19.1. The van der Waals surface area contributed by atoms with E-state index in [-0.39, 0.29) is 0 Å². The zero-order chi connectivity index (χ0) is 23.2. The Bertz CT molecular complexity index is 1200. The summed E-state index contributed by atoms with van der Waals surface area (Å²) in [6, 6.07) is 19.2. The van der Waals surface area contributed by atoms with Crippen LogP contribution in [-0.2, 0) is 0 Å². The molecule has 0 fully saturated rings. The fraction of sp³-hybridized carbons (Fsp3) is 0.111. The van der Waals surface area contributed by atoms with Gasteiger partial charge in [0.1, 0.15) is 23.1 Å². The second kappa shape index (κ2) is 10.0. The SMILES string of the molecule is COc1ccc(C2=C(c3ccc(OC)cc3)NN(CC=Cc3ccc(F)cc3F)C=C2)cc1. The van der Waals surface area contributed by atoms with E-state index in [1.54, 1.807) is 20.3 Å². The Morgan fingerprint density at radius 3 is 2.09 bits per heavy atom. The van der Waals surface area contributed by atoms with Crippen LogP contribution in [0.4, 0.5) is 8.78 Å². The van der Waals surface area contributed by atoms with Crippen molar-refractivity contribution in [3.05, 3.63) is 113 Å². The minimum Gasteiger partial charge on any atom is -0.497 e. The van der Waals surface area contributed by atoms with Crippen LogP contribution in [0, 0.1) is 11.6 Å². The molecule has 0 spiro atoms. The van der Waals surface area contributed by atoms with Crippen molar-refractivity contribution in [3.8, 4) is 11.5 Å². The first kappa shape index (κ1) is 22.1. The second-order valence-corrected chi connectivity index (χ2v) is 7.39. The molecule has 0 aromatic heterocycles. The Hall–Kier alpha value is -4.06. The van der Waals surface area contributed by atoms with Gasteiger partial charge in [-0.25, -0.2) is 8.78 Å². The fourth-order valence-corrected chi connectivity index (χ4v) is 3.51. The number of hydrazine groups is 1. The lowest BCUT2D eigenvalue weighted by molar-refractivity contribution is 0.358. The molecule has 0 radical (unpaired) electrons. The lowest BCUT2D eigenvalue weighted by atomic mass is 9.98. The molecule has 3 aromatic rings. The van der Waals surface area contributed by atoms with E-state index in [4.69, 9.17) is 9.47 Å². The van der Waals surface area contributed by atoms with Gasteiger partial charge >= 0.3 is 0 Å². The van der Waals surface area contributed by atoms with Gasteiger partial charge in [0.25, 0.3) is 0 Å². The Balaban J connectivity index is 1.59. The maximum Gasteiger partial charge on any atom is 0.133 e. The van der Waals surface area contributed by atoms with Crippen LogP contribution in [0.1, 0.15) is 16.7 Å². The van der Waals surface area contributed by atoms with Gasteiger partial charge in [-0.3, -0.25) is 10.4 Å².